The van der Waals surface area contributed by atoms with Crippen LogP contribution in [0.1, 0.15) is 5.56 Å². The summed E-state index contributed by atoms with van der Waals surface area (Å²) in [7, 11) is 0. The molecule has 0 radical (unpaired) electrons. The number of amides is 1. The van der Waals surface area contributed by atoms with E-state index < -0.39 is 0 Å². The second-order valence-electron chi connectivity index (χ2n) is 4.99. The van der Waals surface area contributed by atoms with Gasteiger partial charge in [-0.1, -0.05) is 41.4 Å². The molecule has 0 aromatic heterocycles. The molecule has 2 aromatic carbocycles. The number of anilines is 1. The fourth-order valence-electron chi connectivity index (χ4n) is 2.18. The molecule has 116 valence electrons. The number of carbonyl (C=O) groups excluding carboxylic acids is 1. The number of benzene rings is 2. The van der Waals surface area contributed by atoms with E-state index >= 15 is 0 Å². The molecule has 0 bridgehead atoms. The standard InChI is InChI=1S/C18H13Cl2NO2/c19-14-6-7-17-13(10-14)9-12(11-23-17)5-8-18(22)21-16-4-2-1-3-15(16)20/h1-10H,11H2,(H,21,22)/b8-5+. The van der Waals surface area contributed by atoms with Gasteiger partial charge in [-0.15, -0.1) is 0 Å². The van der Waals surface area contributed by atoms with Crippen molar-refractivity contribution in [2.45, 2.75) is 0 Å². The van der Waals surface area contributed by atoms with E-state index in [2.05, 4.69) is 5.32 Å². The number of fused-ring (bicyclic) bond motifs is 1. The molecule has 2 aromatic rings. The Bertz CT molecular complexity index is 812. The third-order valence-corrected chi connectivity index (χ3v) is 3.85. The highest BCUT2D eigenvalue weighted by Gasteiger charge is 2.10. The van der Waals surface area contributed by atoms with E-state index in [4.69, 9.17) is 27.9 Å². The highest BCUT2D eigenvalue weighted by Crippen LogP contribution is 2.29. The Morgan fingerprint density at radius 1 is 1.17 bits per heavy atom. The zero-order valence-corrected chi connectivity index (χ0v) is 13.6. The first-order chi connectivity index (χ1) is 11.1. The molecule has 1 aliphatic heterocycles. The molecule has 1 amide bonds. The first-order valence-corrected chi connectivity index (χ1v) is 7.74. The Morgan fingerprint density at radius 2 is 2.00 bits per heavy atom. The van der Waals surface area contributed by atoms with Gasteiger partial charge < -0.3 is 10.1 Å². The van der Waals surface area contributed by atoms with Crippen LogP contribution in [0.25, 0.3) is 6.08 Å². The maximum atomic E-state index is 12.0. The van der Waals surface area contributed by atoms with Crippen LogP contribution < -0.4 is 10.1 Å². The lowest BCUT2D eigenvalue weighted by Gasteiger charge is -2.16. The Kier molecular flexibility index (Phi) is 4.70. The van der Waals surface area contributed by atoms with Gasteiger partial charge >= 0.3 is 0 Å². The van der Waals surface area contributed by atoms with Gasteiger partial charge in [-0.05, 0) is 42.0 Å². The number of ether oxygens (including phenoxy) is 1. The van der Waals surface area contributed by atoms with Crippen molar-refractivity contribution in [2.75, 3.05) is 11.9 Å². The maximum absolute atomic E-state index is 12.0. The zero-order valence-electron chi connectivity index (χ0n) is 12.1. The molecular formula is C18H13Cl2NO2. The van der Waals surface area contributed by atoms with Gasteiger partial charge in [-0.25, -0.2) is 0 Å². The molecule has 3 nitrogen and oxygen atoms in total. The summed E-state index contributed by atoms with van der Waals surface area (Å²) < 4.78 is 5.63. The summed E-state index contributed by atoms with van der Waals surface area (Å²) in [5, 5.41) is 3.87. The van der Waals surface area contributed by atoms with Gasteiger partial charge in [0.1, 0.15) is 12.4 Å². The fourth-order valence-corrected chi connectivity index (χ4v) is 2.55. The van der Waals surface area contributed by atoms with Crippen molar-refractivity contribution in [3.8, 4) is 5.75 Å². The third-order valence-electron chi connectivity index (χ3n) is 3.29. The van der Waals surface area contributed by atoms with Crippen LogP contribution in [0.15, 0.2) is 60.2 Å². The Morgan fingerprint density at radius 3 is 2.83 bits per heavy atom. The lowest BCUT2D eigenvalue weighted by atomic mass is 10.1. The molecule has 0 atom stereocenters. The number of hydrogen-bond donors (Lipinski definition) is 1. The van der Waals surface area contributed by atoms with Gasteiger partial charge in [0.05, 0.1) is 10.7 Å². The van der Waals surface area contributed by atoms with Gasteiger partial charge in [0.15, 0.2) is 0 Å². The molecule has 0 saturated carbocycles. The van der Waals surface area contributed by atoms with Crippen molar-refractivity contribution in [1.82, 2.24) is 0 Å². The second kappa shape index (κ2) is 6.90. The zero-order chi connectivity index (χ0) is 16.2. The molecule has 1 N–H and O–H groups in total. The molecule has 0 aliphatic carbocycles. The van der Waals surface area contributed by atoms with Crippen molar-refractivity contribution in [3.63, 3.8) is 0 Å². The summed E-state index contributed by atoms with van der Waals surface area (Å²) in [6, 6.07) is 12.5. The smallest absolute Gasteiger partial charge is 0.248 e. The van der Waals surface area contributed by atoms with Crippen molar-refractivity contribution in [3.05, 3.63) is 75.8 Å². The Hall–Kier alpha value is -2.23. The molecule has 5 heteroatoms. The molecule has 0 spiro atoms. The largest absolute Gasteiger partial charge is 0.488 e. The average Bonchev–Trinajstić information content (AvgIpc) is 2.54. The number of halogens is 2. The van der Waals surface area contributed by atoms with Crippen molar-refractivity contribution >= 4 is 40.9 Å². The molecule has 0 fully saturated rings. The lowest BCUT2D eigenvalue weighted by Crippen LogP contribution is -2.10. The third kappa shape index (κ3) is 3.95. The molecule has 23 heavy (non-hydrogen) atoms. The summed E-state index contributed by atoms with van der Waals surface area (Å²) in [4.78, 5) is 12.0. The van der Waals surface area contributed by atoms with Crippen molar-refractivity contribution in [1.29, 1.82) is 0 Å². The summed E-state index contributed by atoms with van der Waals surface area (Å²) in [5.74, 6) is 0.531. The first-order valence-electron chi connectivity index (χ1n) is 6.98. The number of carbonyl (C=O) groups is 1. The molecule has 1 heterocycles. The minimum atomic E-state index is -0.254. The predicted octanol–water partition coefficient (Wildman–Crippen LogP) is 4.96. The first kappa shape index (κ1) is 15.7. The van der Waals surface area contributed by atoms with Gasteiger partial charge in [0.25, 0.3) is 0 Å². The predicted molar refractivity (Wildman–Crippen MR) is 94.1 cm³/mol. The Labute approximate surface area is 144 Å². The van der Waals surface area contributed by atoms with E-state index in [0.717, 1.165) is 16.9 Å². The highest BCUT2D eigenvalue weighted by atomic mass is 35.5. The van der Waals surface area contributed by atoms with Crippen LogP contribution >= 0.6 is 23.2 Å². The van der Waals surface area contributed by atoms with Gasteiger partial charge in [-0.2, -0.15) is 0 Å². The van der Waals surface area contributed by atoms with Crippen LogP contribution in [-0.4, -0.2) is 12.5 Å². The van der Waals surface area contributed by atoms with Crippen molar-refractivity contribution in [2.24, 2.45) is 0 Å². The normalized spacial score (nSPS) is 13.2. The Balaban J connectivity index is 1.71. The fraction of sp³-hybridized carbons (Fsp3) is 0.0556. The van der Waals surface area contributed by atoms with E-state index in [0.29, 0.717) is 22.3 Å². The van der Waals surface area contributed by atoms with E-state index in [1.807, 2.05) is 24.3 Å². The summed E-state index contributed by atoms with van der Waals surface area (Å²) in [6.45, 7) is 0.407. The van der Waals surface area contributed by atoms with Crippen LogP contribution in [0.4, 0.5) is 5.69 Å². The average molecular weight is 346 g/mol. The maximum Gasteiger partial charge on any atom is 0.248 e. The molecular weight excluding hydrogens is 333 g/mol. The van der Waals surface area contributed by atoms with Crippen LogP contribution in [0.3, 0.4) is 0 Å². The van der Waals surface area contributed by atoms with Crippen LogP contribution in [0, 0.1) is 0 Å². The summed E-state index contributed by atoms with van der Waals surface area (Å²) in [6.07, 6.45) is 5.12. The van der Waals surface area contributed by atoms with Crippen LogP contribution in [-0.2, 0) is 4.79 Å². The number of hydrogen-bond acceptors (Lipinski definition) is 2. The number of rotatable bonds is 3. The van der Waals surface area contributed by atoms with Crippen molar-refractivity contribution < 1.29 is 9.53 Å². The van der Waals surface area contributed by atoms with Gasteiger partial charge in [0, 0.05) is 16.7 Å². The second-order valence-corrected chi connectivity index (χ2v) is 5.84. The molecule has 3 rings (SSSR count). The van der Waals surface area contributed by atoms with Crippen LogP contribution in [0.5, 0.6) is 5.75 Å². The van der Waals surface area contributed by atoms with E-state index in [1.165, 1.54) is 6.08 Å². The minimum Gasteiger partial charge on any atom is -0.488 e. The molecule has 0 saturated heterocycles. The van der Waals surface area contributed by atoms with E-state index in [-0.39, 0.29) is 5.91 Å². The highest BCUT2D eigenvalue weighted by molar-refractivity contribution is 6.33. The van der Waals surface area contributed by atoms with E-state index in [9.17, 15) is 4.79 Å². The summed E-state index contributed by atoms with van der Waals surface area (Å²) >= 11 is 12.0. The minimum absolute atomic E-state index is 0.254. The number of para-hydroxylation sites is 1. The topological polar surface area (TPSA) is 38.3 Å². The molecule has 0 unspecified atom stereocenters. The SMILES string of the molecule is O=C(/C=C/C1=Cc2cc(Cl)ccc2OC1)Nc1ccccc1Cl. The van der Waals surface area contributed by atoms with Crippen LogP contribution in [0.2, 0.25) is 10.0 Å². The quantitative estimate of drug-likeness (QED) is 0.798. The number of nitrogens with one attached hydrogen (secondary N) is 1. The van der Waals surface area contributed by atoms with Gasteiger partial charge in [0.2, 0.25) is 5.91 Å². The molecule has 1 aliphatic rings. The van der Waals surface area contributed by atoms with Gasteiger partial charge in [-0.3, -0.25) is 4.79 Å². The van der Waals surface area contributed by atoms with E-state index in [1.54, 1.807) is 30.3 Å². The summed E-state index contributed by atoms with van der Waals surface area (Å²) in [5.41, 5.74) is 2.36. The lowest BCUT2D eigenvalue weighted by molar-refractivity contribution is -0.111. The monoisotopic (exact) mass is 345 g/mol.